The second-order valence-corrected chi connectivity index (χ2v) is 3.63. The first-order valence-electron chi connectivity index (χ1n) is 6.09. The van der Waals surface area contributed by atoms with Gasteiger partial charge in [-0.3, -0.25) is 0 Å². The number of terminal acetylenes is 2. The molecular weight excluding hydrogens is 248 g/mol. The molecule has 2 rings (SSSR count). The van der Waals surface area contributed by atoms with Gasteiger partial charge in [0.15, 0.2) is 0 Å². The van der Waals surface area contributed by atoms with Crippen LogP contribution >= 0.6 is 0 Å². The summed E-state index contributed by atoms with van der Waals surface area (Å²) in [6, 6.07) is 19.5. The number of rotatable bonds is 4. The number of benzene rings is 2. The van der Waals surface area contributed by atoms with Crippen molar-refractivity contribution in [1.29, 1.82) is 0 Å². The Labute approximate surface area is 120 Å². The van der Waals surface area contributed by atoms with Crippen LogP contribution in [0.2, 0.25) is 0 Å². The molecule has 0 radical (unpaired) electrons. The molecule has 0 saturated carbocycles. The van der Waals surface area contributed by atoms with Gasteiger partial charge in [-0.25, -0.2) is 0 Å². The summed E-state index contributed by atoms with van der Waals surface area (Å²) in [4.78, 5) is 0. The highest BCUT2D eigenvalue weighted by atomic mass is 16.5. The molecule has 2 aromatic carbocycles. The zero-order chi connectivity index (χ0) is 14.5. The maximum absolute atomic E-state index is 5.58. The predicted octanol–water partition coefficient (Wildman–Crippen LogP) is 3.75. The Morgan fingerprint density at radius 3 is 1.45 bits per heavy atom. The number of para-hydroxylation sites is 2. The van der Waals surface area contributed by atoms with Crippen LogP contribution in [-0.4, -0.2) is 13.2 Å². The highest BCUT2D eigenvalue weighted by Gasteiger charge is 1.92. The van der Waals surface area contributed by atoms with Gasteiger partial charge in [0.2, 0.25) is 0 Å². The monoisotopic (exact) mass is 264 g/mol. The summed E-state index contributed by atoms with van der Waals surface area (Å²) in [6.45, 7) is 0.619. The van der Waals surface area contributed by atoms with Crippen molar-refractivity contribution in [1.82, 2.24) is 0 Å². The smallest absolute Gasteiger partial charge is 0.127 e. The standard InChI is InChI=1S/C12H10O.C6H6O/c1-3-7-11(8-4-1)13-12-9-5-2-6-10-12;1-3-5-7-6-4-2/h1-10H;1-2H,5-6H2. The molecule has 2 aromatic rings. The van der Waals surface area contributed by atoms with Gasteiger partial charge in [0.25, 0.3) is 0 Å². The van der Waals surface area contributed by atoms with Gasteiger partial charge in [0.1, 0.15) is 24.7 Å². The molecule has 0 bridgehead atoms. The fourth-order valence-electron chi connectivity index (χ4n) is 1.28. The first-order chi connectivity index (χ1) is 9.86. The SMILES string of the molecule is C#CCOCC#C.c1ccc(Oc2ccccc2)cc1. The van der Waals surface area contributed by atoms with Crippen LogP contribution < -0.4 is 4.74 Å². The van der Waals surface area contributed by atoms with Gasteiger partial charge in [0, 0.05) is 0 Å². The third-order valence-corrected chi connectivity index (χ3v) is 2.09. The summed E-state index contributed by atoms with van der Waals surface area (Å²) in [7, 11) is 0. The first kappa shape index (κ1) is 15.4. The Balaban J connectivity index is 0.000000246. The minimum Gasteiger partial charge on any atom is -0.457 e. The normalized spacial score (nSPS) is 8.50. The fourth-order valence-corrected chi connectivity index (χ4v) is 1.28. The van der Waals surface area contributed by atoms with E-state index in [0.717, 1.165) is 11.5 Å². The molecule has 0 aliphatic carbocycles. The van der Waals surface area contributed by atoms with E-state index in [4.69, 9.17) is 17.6 Å². The van der Waals surface area contributed by atoms with E-state index in [2.05, 4.69) is 16.6 Å². The van der Waals surface area contributed by atoms with Crippen molar-refractivity contribution in [3.8, 4) is 36.2 Å². The van der Waals surface area contributed by atoms with Crippen molar-refractivity contribution < 1.29 is 9.47 Å². The zero-order valence-electron chi connectivity index (χ0n) is 11.2. The van der Waals surface area contributed by atoms with Crippen LogP contribution in [0.1, 0.15) is 0 Å². The fraction of sp³-hybridized carbons (Fsp3) is 0.111. The molecule has 0 saturated heterocycles. The Bertz CT molecular complexity index is 496. The van der Waals surface area contributed by atoms with Gasteiger partial charge in [-0.1, -0.05) is 48.2 Å². The first-order valence-corrected chi connectivity index (χ1v) is 6.09. The van der Waals surface area contributed by atoms with Crippen LogP contribution in [0.4, 0.5) is 0 Å². The maximum atomic E-state index is 5.58. The van der Waals surface area contributed by atoms with Crippen molar-refractivity contribution in [3.05, 3.63) is 60.7 Å². The second-order valence-electron chi connectivity index (χ2n) is 3.63. The molecular formula is C18H16O2. The Morgan fingerprint density at radius 2 is 1.10 bits per heavy atom. The average molecular weight is 264 g/mol. The summed E-state index contributed by atoms with van der Waals surface area (Å²) >= 11 is 0. The molecule has 0 atom stereocenters. The third-order valence-electron chi connectivity index (χ3n) is 2.09. The van der Waals surface area contributed by atoms with Crippen molar-refractivity contribution >= 4 is 0 Å². The summed E-state index contributed by atoms with van der Waals surface area (Å²) in [6.07, 6.45) is 9.65. The van der Waals surface area contributed by atoms with Crippen molar-refractivity contribution in [2.75, 3.05) is 13.2 Å². The average Bonchev–Trinajstić information content (AvgIpc) is 2.51. The molecule has 20 heavy (non-hydrogen) atoms. The lowest BCUT2D eigenvalue weighted by Gasteiger charge is -2.03. The van der Waals surface area contributed by atoms with E-state index in [9.17, 15) is 0 Å². The van der Waals surface area contributed by atoms with E-state index in [0.29, 0.717) is 13.2 Å². The molecule has 0 unspecified atom stereocenters. The van der Waals surface area contributed by atoms with Crippen LogP contribution in [0.5, 0.6) is 11.5 Å². The van der Waals surface area contributed by atoms with Crippen molar-refractivity contribution in [2.45, 2.75) is 0 Å². The van der Waals surface area contributed by atoms with Gasteiger partial charge in [-0.15, -0.1) is 12.8 Å². The summed E-state index contributed by atoms with van der Waals surface area (Å²) < 4.78 is 10.2. The highest BCUT2D eigenvalue weighted by Crippen LogP contribution is 2.19. The molecule has 100 valence electrons. The van der Waals surface area contributed by atoms with E-state index in [1.54, 1.807) is 0 Å². The molecule has 0 aromatic heterocycles. The third kappa shape index (κ3) is 6.91. The minimum absolute atomic E-state index is 0.310. The van der Waals surface area contributed by atoms with Gasteiger partial charge in [-0.2, -0.15) is 0 Å². The van der Waals surface area contributed by atoms with Gasteiger partial charge >= 0.3 is 0 Å². The van der Waals surface area contributed by atoms with Crippen LogP contribution in [0.3, 0.4) is 0 Å². The van der Waals surface area contributed by atoms with Crippen LogP contribution in [0.15, 0.2) is 60.7 Å². The lowest BCUT2D eigenvalue weighted by molar-refractivity contribution is 0.205. The molecule has 0 spiro atoms. The molecule has 2 nitrogen and oxygen atoms in total. The lowest BCUT2D eigenvalue weighted by Crippen LogP contribution is -1.89. The van der Waals surface area contributed by atoms with Crippen molar-refractivity contribution in [3.63, 3.8) is 0 Å². The van der Waals surface area contributed by atoms with Gasteiger partial charge in [-0.05, 0) is 24.3 Å². The van der Waals surface area contributed by atoms with E-state index < -0.39 is 0 Å². The molecule has 0 aliphatic heterocycles. The van der Waals surface area contributed by atoms with Crippen LogP contribution in [0, 0.1) is 24.7 Å². The van der Waals surface area contributed by atoms with E-state index in [1.165, 1.54) is 0 Å². The number of ether oxygens (including phenoxy) is 2. The summed E-state index contributed by atoms with van der Waals surface area (Å²) in [5.41, 5.74) is 0. The molecule has 0 fully saturated rings. The molecule has 0 amide bonds. The quantitative estimate of drug-likeness (QED) is 0.618. The van der Waals surface area contributed by atoms with E-state index >= 15 is 0 Å². The van der Waals surface area contributed by atoms with Crippen LogP contribution in [-0.2, 0) is 4.74 Å². The van der Waals surface area contributed by atoms with Gasteiger partial charge < -0.3 is 9.47 Å². The van der Waals surface area contributed by atoms with Gasteiger partial charge in [0.05, 0.1) is 0 Å². The number of hydrogen-bond acceptors (Lipinski definition) is 2. The molecule has 0 N–H and O–H groups in total. The van der Waals surface area contributed by atoms with Crippen molar-refractivity contribution in [2.24, 2.45) is 0 Å². The van der Waals surface area contributed by atoms with Crippen LogP contribution in [0.25, 0.3) is 0 Å². The molecule has 0 heterocycles. The van der Waals surface area contributed by atoms with E-state index in [-0.39, 0.29) is 0 Å². The zero-order valence-corrected chi connectivity index (χ0v) is 11.2. The Morgan fingerprint density at radius 1 is 0.700 bits per heavy atom. The second kappa shape index (κ2) is 10.3. The predicted molar refractivity (Wildman–Crippen MR) is 81.4 cm³/mol. The lowest BCUT2D eigenvalue weighted by atomic mass is 10.3. The molecule has 2 heteroatoms. The molecule has 0 aliphatic rings. The number of hydrogen-bond donors (Lipinski definition) is 0. The highest BCUT2D eigenvalue weighted by molar-refractivity contribution is 5.30. The Hall–Kier alpha value is -2.68. The Kier molecular flexibility index (Phi) is 7.89. The minimum atomic E-state index is 0.310. The summed E-state index contributed by atoms with van der Waals surface area (Å²) in [5.74, 6) is 6.31. The van der Waals surface area contributed by atoms with E-state index in [1.807, 2.05) is 60.7 Å². The summed E-state index contributed by atoms with van der Waals surface area (Å²) in [5, 5.41) is 0. The largest absolute Gasteiger partial charge is 0.457 e. The topological polar surface area (TPSA) is 18.5 Å². The maximum Gasteiger partial charge on any atom is 0.127 e.